The van der Waals surface area contributed by atoms with E-state index in [1.54, 1.807) is 0 Å². The van der Waals surface area contributed by atoms with Crippen LogP contribution >= 0.6 is 0 Å². The molecule has 5 nitrogen and oxygen atoms in total. The van der Waals surface area contributed by atoms with Crippen molar-refractivity contribution < 1.29 is 14.3 Å². The van der Waals surface area contributed by atoms with Crippen LogP contribution in [0.2, 0.25) is 0 Å². The van der Waals surface area contributed by atoms with Crippen molar-refractivity contribution in [3.63, 3.8) is 0 Å². The van der Waals surface area contributed by atoms with Gasteiger partial charge in [0.05, 0.1) is 12.1 Å². The molecule has 0 radical (unpaired) electrons. The SMILES string of the molecule is CC(C)(C)OC(=O)N1CCCC1C1CCCCN1C(=O)CCc1ccccc1. The van der Waals surface area contributed by atoms with Gasteiger partial charge in [-0.3, -0.25) is 4.79 Å². The largest absolute Gasteiger partial charge is 0.444 e. The summed E-state index contributed by atoms with van der Waals surface area (Å²) in [5, 5.41) is 0. The van der Waals surface area contributed by atoms with Crippen LogP contribution in [0.5, 0.6) is 0 Å². The van der Waals surface area contributed by atoms with Gasteiger partial charge in [0, 0.05) is 19.5 Å². The van der Waals surface area contributed by atoms with E-state index in [1.165, 1.54) is 5.56 Å². The number of benzene rings is 1. The smallest absolute Gasteiger partial charge is 0.410 e. The Hall–Kier alpha value is -2.04. The molecular weight excluding hydrogens is 352 g/mol. The first-order chi connectivity index (χ1) is 13.3. The van der Waals surface area contributed by atoms with Gasteiger partial charge in [0.2, 0.25) is 5.91 Å². The van der Waals surface area contributed by atoms with E-state index >= 15 is 0 Å². The molecule has 2 aliphatic rings. The molecule has 0 aliphatic carbocycles. The number of carbonyl (C=O) groups is 2. The molecule has 5 heteroatoms. The number of ether oxygens (including phenoxy) is 1. The van der Waals surface area contributed by atoms with Crippen LogP contribution in [0.15, 0.2) is 30.3 Å². The maximum atomic E-state index is 13.0. The van der Waals surface area contributed by atoms with Gasteiger partial charge in [-0.2, -0.15) is 0 Å². The summed E-state index contributed by atoms with van der Waals surface area (Å²) in [7, 11) is 0. The molecule has 2 fully saturated rings. The van der Waals surface area contributed by atoms with Crippen LogP contribution in [0, 0.1) is 0 Å². The molecule has 2 aliphatic heterocycles. The maximum absolute atomic E-state index is 13.0. The monoisotopic (exact) mass is 386 g/mol. The second-order valence-electron chi connectivity index (χ2n) is 9.02. The number of aryl methyl sites for hydroxylation is 1. The van der Waals surface area contributed by atoms with Crippen molar-refractivity contribution in [1.82, 2.24) is 9.80 Å². The Balaban J connectivity index is 1.66. The van der Waals surface area contributed by atoms with E-state index in [4.69, 9.17) is 4.74 Å². The highest BCUT2D eigenvalue weighted by atomic mass is 16.6. The molecule has 1 aromatic carbocycles. The third kappa shape index (κ3) is 5.27. The summed E-state index contributed by atoms with van der Waals surface area (Å²) in [4.78, 5) is 29.7. The van der Waals surface area contributed by atoms with Crippen molar-refractivity contribution >= 4 is 12.0 Å². The van der Waals surface area contributed by atoms with E-state index in [2.05, 4.69) is 17.0 Å². The first-order valence-corrected chi connectivity index (χ1v) is 10.7. The number of carbonyl (C=O) groups excluding carboxylic acids is 2. The highest BCUT2D eigenvalue weighted by molar-refractivity contribution is 5.77. The molecule has 0 bridgehead atoms. The molecule has 2 amide bonds. The third-order valence-electron chi connectivity index (χ3n) is 5.71. The van der Waals surface area contributed by atoms with E-state index in [1.807, 2.05) is 43.9 Å². The minimum absolute atomic E-state index is 0.0795. The van der Waals surface area contributed by atoms with E-state index in [9.17, 15) is 9.59 Å². The number of hydrogen-bond acceptors (Lipinski definition) is 3. The molecule has 2 atom stereocenters. The number of amides is 2. The molecule has 0 saturated carbocycles. The van der Waals surface area contributed by atoms with Gasteiger partial charge in [0.1, 0.15) is 5.60 Å². The van der Waals surface area contributed by atoms with Crippen molar-refractivity contribution in [3.8, 4) is 0 Å². The predicted molar refractivity (Wildman–Crippen MR) is 110 cm³/mol. The molecule has 2 saturated heterocycles. The van der Waals surface area contributed by atoms with Crippen molar-refractivity contribution in [1.29, 1.82) is 0 Å². The quantitative estimate of drug-likeness (QED) is 0.771. The topological polar surface area (TPSA) is 49.9 Å². The lowest BCUT2D eigenvalue weighted by molar-refractivity contribution is -0.136. The first kappa shape index (κ1) is 20.7. The van der Waals surface area contributed by atoms with Gasteiger partial charge in [-0.25, -0.2) is 4.79 Å². The van der Waals surface area contributed by atoms with E-state index < -0.39 is 5.60 Å². The van der Waals surface area contributed by atoms with Crippen molar-refractivity contribution in [2.75, 3.05) is 13.1 Å². The summed E-state index contributed by atoms with van der Waals surface area (Å²) in [5.74, 6) is 0.213. The van der Waals surface area contributed by atoms with Gasteiger partial charge in [-0.1, -0.05) is 30.3 Å². The maximum Gasteiger partial charge on any atom is 0.410 e. The van der Waals surface area contributed by atoms with Crippen LogP contribution in [0.1, 0.15) is 64.9 Å². The van der Waals surface area contributed by atoms with Crippen molar-refractivity contribution in [2.24, 2.45) is 0 Å². The summed E-state index contributed by atoms with van der Waals surface area (Å²) in [6.45, 7) is 7.22. The van der Waals surface area contributed by atoms with Gasteiger partial charge in [-0.05, 0) is 64.9 Å². The van der Waals surface area contributed by atoms with Gasteiger partial charge in [0.25, 0.3) is 0 Å². The fourth-order valence-corrected chi connectivity index (χ4v) is 4.45. The Morgan fingerprint density at radius 1 is 0.964 bits per heavy atom. The van der Waals surface area contributed by atoms with E-state index in [0.29, 0.717) is 6.42 Å². The van der Waals surface area contributed by atoms with E-state index in [0.717, 1.165) is 51.6 Å². The van der Waals surface area contributed by atoms with Crippen LogP contribution in [-0.4, -0.2) is 52.6 Å². The number of piperidine rings is 1. The molecule has 2 unspecified atom stereocenters. The summed E-state index contributed by atoms with van der Waals surface area (Å²) < 4.78 is 5.63. The van der Waals surface area contributed by atoms with E-state index in [-0.39, 0.29) is 24.1 Å². The zero-order chi connectivity index (χ0) is 20.1. The minimum Gasteiger partial charge on any atom is -0.444 e. The Kier molecular flexibility index (Phi) is 6.63. The van der Waals surface area contributed by atoms with Gasteiger partial charge in [-0.15, -0.1) is 0 Å². The van der Waals surface area contributed by atoms with Gasteiger partial charge in [0.15, 0.2) is 0 Å². The normalized spacial score (nSPS) is 23.0. The average molecular weight is 387 g/mol. The molecular formula is C23H34N2O3. The van der Waals surface area contributed by atoms with Crippen LogP contribution in [0.3, 0.4) is 0 Å². The number of nitrogens with zero attached hydrogens (tertiary/aromatic N) is 2. The number of hydrogen-bond donors (Lipinski definition) is 0. The third-order valence-corrected chi connectivity index (χ3v) is 5.71. The summed E-state index contributed by atoms with van der Waals surface area (Å²) >= 11 is 0. The Morgan fingerprint density at radius 3 is 2.32 bits per heavy atom. The predicted octanol–water partition coefficient (Wildman–Crippen LogP) is 4.40. The zero-order valence-electron chi connectivity index (χ0n) is 17.5. The molecule has 28 heavy (non-hydrogen) atoms. The van der Waals surface area contributed by atoms with Crippen molar-refractivity contribution in [2.45, 2.75) is 83.4 Å². The highest BCUT2D eigenvalue weighted by Crippen LogP contribution is 2.31. The lowest BCUT2D eigenvalue weighted by Gasteiger charge is -2.42. The fourth-order valence-electron chi connectivity index (χ4n) is 4.45. The molecule has 2 heterocycles. The molecule has 0 spiro atoms. The molecule has 0 N–H and O–H groups in total. The standard InChI is InChI=1S/C23H34N2O3/c1-23(2,3)28-22(27)25-17-9-13-20(25)19-12-7-8-16-24(19)21(26)15-14-18-10-5-4-6-11-18/h4-6,10-11,19-20H,7-9,12-17H2,1-3H3. The second-order valence-corrected chi connectivity index (χ2v) is 9.02. The Bertz CT molecular complexity index is 668. The van der Waals surface area contributed by atoms with Gasteiger partial charge < -0.3 is 14.5 Å². The molecule has 3 rings (SSSR count). The van der Waals surface area contributed by atoms with Crippen LogP contribution in [0.25, 0.3) is 0 Å². The summed E-state index contributed by atoms with van der Waals surface area (Å²) in [5.41, 5.74) is 0.697. The summed E-state index contributed by atoms with van der Waals surface area (Å²) in [6.07, 6.45) is 6.12. The van der Waals surface area contributed by atoms with Crippen molar-refractivity contribution in [3.05, 3.63) is 35.9 Å². The van der Waals surface area contributed by atoms with Crippen LogP contribution < -0.4 is 0 Å². The Morgan fingerprint density at radius 2 is 1.61 bits per heavy atom. The average Bonchev–Trinajstić information content (AvgIpc) is 3.15. The fraction of sp³-hybridized carbons (Fsp3) is 0.652. The lowest BCUT2D eigenvalue weighted by Crippen LogP contribution is -2.55. The Labute approximate surface area is 169 Å². The number of likely N-dealkylation sites (tertiary alicyclic amines) is 2. The summed E-state index contributed by atoms with van der Waals surface area (Å²) in [6, 6.07) is 10.4. The van der Waals surface area contributed by atoms with Gasteiger partial charge >= 0.3 is 6.09 Å². The molecule has 1 aromatic rings. The number of rotatable bonds is 4. The zero-order valence-corrected chi connectivity index (χ0v) is 17.5. The highest BCUT2D eigenvalue weighted by Gasteiger charge is 2.41. The lowest BCUT2D eigenvalue weighted by atomic mass is 9.93. The molecule has 0 aromatic heterocycles. The van der Waals surface area contributed by atoms with Crippen LogP contribution in [-0.2, 0) is 16.0 Å². The minimum atomic E-state index is -0.498. The first-order valence-electron chi connectivity index (χ1n) is 10.7. The second kappa shape index (κ2) is 8.97. The van der Waals surface area contributed by atoms with Crippen LogP contribution in [0.4, 0.5) is 4.79 Å². The molecule has 154 valence electrons.